The van der Waals surface area contributed by atoms with Crippen LogP contribution in [0.5, 0.6) is 0 Å². The van der Waals surface area contributed by atoms with Gasteiger partial charge in [-0.05, 0) is 28.1 Å². The molecule has 0 radical (unpaired) electrons. The lowest BCUT2D eigenvalue weighted by atomic mass is 10.1. The molecule has 0 aliphatic carbocycles. The van der Waals surface area contributed by atoms with E-state index in [1.807, 2.05) is 0 Å². The molecule has 0 saturated carbocycles. The first-order valence-electron chi connectivity index (χ1n) is 6.69. The summed E-state index contributed by atoms with van der Waals surface area (Å²) in [5.41, 5.74) is -0.146. The minimum atomic E-state index is -4.37. The molecule has 0 amide bonds. The van der Waals surface area contributed by atoms with Crippen molar-refractivity contribution in [2.45, 2.75) is 12.7 Å². The summed E-state index contributed by atoms with van der Waals surface area (Å²) < 4.78 is 40.3. The molecule has 0 unspecified atom stereocenters. The molecule has 0 N–H and O–H groups in total. The molecule has 0 aliphatic heterocycles. The standard InChI is InChI=1S/C15H9BrClF3N4/c16-12-7-24(8-13-21-5-11(17)6-22-13)14(23-12)9-1-3-10(4-2-9)15(18,19)20/h1-7H,8H2. The van der Waals surface area contributed by atoms with Gasteiger partial charge in [-0.25, -0.2) is 15.0 Å². The number of hydrogen-bond acceptors (Lipinski definition) is 3. The van der Waals surface area contributed by atoms with Crippen LogP contribution in [0.3, 0.4) is 0 Å². The molecule has 0 aliphatic rings. The average Bonchev–Trinajstić information content (AvgIpc) is 2.89. The van der Waals surface area contributed by atoms with E-state index >= 15 is 0 Å². The Bertz CT molecular complexity index is 845. The maximum atomic E-state index is 12.7. The molecule has 0 bridgehead atoms. The second-order valence-electron chi connectivity index (χ2n) is 4.91. The van der Waals surface area contributed by atoms with Crippen LogP contribution >= 0.6 is 27.5 Å². The van der Waals surface area contributed by atoms with Crippen molar-refractivity contribution in [2.75, 3.05) is 0 Å². The molecule has 0 saturated heterocycles. The van der Waals surface area contributed by atoms with Gasteiger partial charge in [0.15, 0.2) is 0 Å². The molecule has 0 fully saturated rings. The molecule has 0 spiro atoms. The molecule has 124 valence electrons. The zero-order valence-corrected chi connectivity index (χ0v) is 14.3. The number of imidazole rings is 1. The van der Waals surface area contributed by atoms with E-state index < -0.39 is 11.7 Å². The summed E-state index contributed by atoms with van der Waals surface area (Å²) in [4.78, 5) is 12.5. The zero-order valence-electron chi connectivity index (χ0n) is 11.9. The van der Waals surface area contributed by atoms with Gasteiger partial charge in [-0.15, -0.1) is 0 Å². The second kappa shape index (κ2) is 6.52. The summed E-state index contributed by atoms with van der Waals surface area (Å²) in [5.74, 6) is 1.02. The van der Waals surface area contributed by atoms with Crippen LogP contribution in [0, 0.1) is 0 Å². The quantitative estimate of drug-likeness (QED) is 0.613. The molecule has 1 aromatic carbocycles. The Morgan fingerprint density at radius 3 is 2.29 bits per heavy atom. The highest BCUT2D eigenvalue weighted by molar-refractivity contribution is 9.10. The van der Waals surface area contributed by atoms with Crippen molar-refractivity contribution >= 4 is 27.5 Å². The highest BCUT2D eigenvalue weighted by Crippen LogP contribution is 2.31. The number of aromatic nitrogens is 4. The summed E-state index contributed by atoms with van der Waals surface area (Å²) in [6, 6.07) is 4.83. The Morgan fingerprint density at radius 2 is 1.71 bits per heavy atom. The van der Waals surface area contributed by atoms with E-state index in [-0.39, 0.29) is 0 Å². The van der Waals surface area contributed by atoms with E-state index in [9.17, 15) is 13.2 Å². The average molecular weight is 418 g/mol. The summed E-state index contributed by atoms with van der Waals surface area (Å²) >= 11 is 9.03. The molecular weight excluding hydrogens is 409 g/mol. The van der Waals surface area contributed by atoms with E-state index in [0.717, 1.165) is 12.1 Å². The van der Waals surface area contributed by atoms with Crippen LogP contribution in [-0.4, -0.2) is 19.5 Å². The fourth-order valence-electron chi connectivity index (χ4n) is 2.12. The molecule has 4 nitrogen and oxygen atoms in total. The van der Waals surface area contributed by atoms with Gasteiger partial charge in [0.05, 0.1) is 17.1 Å². The molecular formula is C15H9BrClF3N4. The zero-order chi connectivity index (χ0) is 17.3. The van der Waals surface area contributed by atoms with Gasteiger partial charge in [0, 0.05) is 24.2 Å². The molecule has 0 atom stereocenters. The number of hydrogen-bond donors (Lipinski definition) is 0. The summed E-state index contributed by atoms with van der Waals surface area (Å²) in [6.07, 6.45) is 0.304. The number of alkyl halides is 3. The molecule has 3 aromatic rings. The minimum absolute atomic E-state index is 0.312. The van der Waals surface area contributed by atoms with E-state index in [2.05, 4.69) is 30.9 Å². The van der Waals surface area contributed by atoms with Gasteiger partial charge in [-0.3, -0.25) is 0 Å². The Balaban J connectivity index is 1.92. The minimum Gasteiger partial charge on any atom is -0.322 e. The van der Waals surface area contributed by atoms with Crippen molar-refractivity contribution in [1.82, 2.24) is 19.5 Å². The highest BCUT2D eigenvalue weighted by atomic mass is 79.9. The Labute approximate surface area is 148 Å². The van der Waals surface area contributed by atoms with Crippen LogP contribution < -0.4 is 0 Å². The predicted octanol–water partition coefficient (Wildman–Crippen LogP) is 4.82. The number of nitrogens with zero attached hydrogens (tertiary/aromatic N) is 4. The van der Waals surface area contributed by atoms with Gasteiger partial charge in [0.25, 0.3) is 0 Å². The SMILES string of the molecule is FC(F)(F)c1ccc(-c2nc(Br)cn2Cc2ncc(Cl)cn2)cc1. The van der Waals surface area contributed by atoms with Crippen LogP contribution in [0.1, 0.15) is 11.4 Å². The van der Waals surface area contributed by atoms with E-state index in [0.29, 0.717) is 33.4 Å². The monoisotopic (exact) mass is 416 g/mol. The lowest BCUT2D eigenvalue weighted by Gasteiger charge is -2.09. The van der Waals surface area contributed by atoms with Crippen LogP contribution in [0.4, 0.5) is 13.2 Å². The molecule has 24 heavy (non-hydrogen) atoms. The number of rotatable bonds is 3. The van der Waals surface area contributed by atoms with Crippen molar-refractivity contribution in [2.24, 2.45) is 0 Å². The van der Waals surface area contributed by atoms with Crippen molar-refractivity contribution in [3.05, 3.63) is 63.9 Å². The van der Waals surface area contributed by atoms with Crippen LogP contribution in [0.2, 0.25) is 5.02 Å². The lowest BCUT2D eigenvalue weighted by Crippen LogP contribution is -2.06. The van der Waals surface area contributed by atoms with Gasteiger partial charge in [0.2, 0.25) is 0 Å². The Morgan fingerprint density at radius 1 is 1.08 bits per heavy atom. The topological polar surface area (TPSA) is 43.6 Å². The summed E-state index contributed by atoms with van der Waals surface area (Å²) in [5, 5.41) is 0.425. The van der Waals surface area contributed by atoms with E-state index in [1.54, 1.807) is 10.8 Å². The van der Waals surface area contributed by atoms with Crippen LogP contribution in [-0.2, 0) is 12.7 Å². The van der Waals surface area contributed by atoms with Gasteiger partial charge >= 0.3 is 6.18 Å². The predicted molar refractivity (Wildman–Crippen MR) is 86.5 cm³/mol. The third-order valence-corrected chi connectivity index (χ3v) is 3.78. The van der Waals surface area contributed by atoms with Crippen molar-refractivity contribution in [3.8, 4) is 11.4 Å². The molecule has 2 heterocycles. The third kappa shape index (κ3) is 3.76. The van der Waals surface area contributed by atoms with Crippen molar-refractivity contribution < 1.29 is 13.2 Å². The number of halogens is 5. The maximum absolute atomic E-state index is 12.7. The fraction of sp³-hybridized carbons (Fsp3) is 0.133. The molecule has 2 aromatic heterocycles. The highest BCUT2D eigenvalue weighted by Gasteiger charge is 2.30. The van der Waals surface area contributed by atoms with Gasteiger partial charge in [-0.2, -0.15) is 13.2 Å². The normalized spacial score (nSPS) is 11.7. The molecule has 9 heteroatoms. The summed E-state index contributed by atoms with van der Waals surface area (Å²) in [7, 11) is 0. The first-order chi connectivity index (χ1) is 11.3. The van der Waals surface area contributed by atoms with Crippen LogP contribution in [0.15, 0.2) is 47.5 Å². The Kier molecular flexibility index (Phi) is 4.60. The summed E-state index contributed by atoms with van der Waals surface area (Å²) in [6.45, 7) is 0.312. The van der Waals surface area contributed by atoms with E-state index in [4.69, 9.17) is 11.6 Å². The van der Waals surface area contributed by atoms with Gasteiger partial charge < -0.3 is 4.57 Å². The second-order valence-corrected chi connectivity index (χ2v) is 6.16. The first kappa shape index (κ1) is 16.9. The van der Waals surface area contributed by atoms with Gasteiger partial charge in [-0.1, -0.05) is 23.7 Å². The fourth-order valence-corrected chi connectivity index (χ4v) is 2.63. The maximum Gasteiger partial charge on any atom is 0.416 e. The Hall–Kier alpha value is -1.93. The largest absolute Gasteiger partial charge is 0.416 e. The van der Waals surface area contributed by atoms with Gasteiger partial charge in [0.1, 0.15) is 16.3 Å². The van der Waals surface area contributed by atoms with Crippen LogP contribution in [0.25, 0.3) is 11.4 Å². The third-order valence-electron chi connectivity index (χ3n) is 3.20. The van der Waals surface area contributed by atoms with Crippen molar-refractivity contribution in [1.29, 1.82) is 0 Å². The lowest BCUT2D eigenvalue weighted by molar-refractivity contribution is -0.137. The van der Waals surface area contributed by atoms with Crippen molar-refractivity contribution in [3.63, 3.8) is 0 Å². The first-order valence-corrected chi connectivity index (χ1v) is 7.87. The molecule has 3 rings (SSSR count). The number of benzene rings is 1. The smallest absolute Gasteiger partial charge is 0.322 e. The van der Waals surface area contributed by atoms with E-state index in [1.165, 1.54) is 24.5 Å².